The summed E-state index contributed by atoms with van der Waals surface area (Å²) in [6.07, 6.45) is 0. The second kappa shape index (κ2) is 10.5. The molecule has 4 aliphatic rings. The summed E-state index contributed by atoms with van der Waals surface area (Å²) < 4.78 is 5.36. The molecule has 10 aromatic rings. The van der Waals surface area contributed by atoms with E-state index in [9.17, 15) is 0 Å². The van der Waals surface area contributed by atoms with Crippen LogP contribution in [0.1, 0.15) is 70.2 Å². The van der Waals surface area contributed by atoms with Crippen LogP contribution >= 0.6 is 11.3 Å². The lowest BCUT2D eigenvalue weighted by atomic mass is 9.59. The van der Waals surface area contributed by atoms with Crippen molar-refractivity contribution < 1.29 is 0 Å². The third-order valence-corrected chi connectivity index (χ3v) is 14.5. The molecule has 0 saturated carbocycles. The Morgan fingerprint density at radius 2 is 1.07 bits per heavy atom. The number of benzene rings is 8. The van der Waals surface area contributed by atoms with Gasteiger partial charge in [0.05, 0.1) is 16.7 Å². The Balaban J connectivity index is 1.18. The van der Waals surface area contributed by atoms with Crippen LogP contribution in [0, 0.1) is 0 Å². The van der Waals surface area contributed by atoms with Crippen molar-refractivity contribution in [3.8, 4) is 27.9 Å². The highest BCUT2D eigenvalue weighted by molar-refractivity contribution is 7.25. The van der Waals surface area contributed by atoms with Gasteiger partial charge in [-0.3, -0.25) is 0 Å². The first kappa shape index (κ1) is 30.1. The van der Waals surface area contributed by atoms with Gasteiger partial charge in [0.25, 0.3) is 0 Å². The van der Waals surface area contributed by atoms with Crippen LogP contribution in [0.4, 0.5) is 0 Å². The molecule has 0 aliphatic heterocycles. The molecule has 2 heteroatoms. The predicted octanol–water partition coefficient (Wildman–Crippen LogP) is 14.1. The Hall–Kier alpha value is -6.22. The van der Waals surface area contributed by atoms with E-state index >= 15 is 0 Å². The Morgan fingerprint density at radius 1 is 0.473 bits per heavy atom. The molecule has 2 bridgehead atoms. The third kappa shape index (κ3) is 3.73. The predicted molar refractivity (Wildman–Crippen MR) is 231 cm³/mol. The Morgan fingerprint density at radius 3 is 1.85 bits per heavy atom. The highest BCUT2D eigenvalue weighted by atomic mass is 32.1. The van der Waals surface area contributed by atoms with E-state index in [1.165, 1.54) is 114 Å². The summed E-state index contributed by atoms with van der Waals surface area (Å²) in [5.41, 5.74) is 20.6. The van der Waals surface area contributed by atoms with Crippen LogP contribution in [0.2, 0.25) is 0 Å². The van der Waals surface area contributed by atoms with Crippen LogP contribution in [0.3, 0.4) is 0 Å². The van der Waals surface area contributed by atoms with Gasteiger partial charge >= 0.3 is 0 Å². The molecule has 0 radical (unpaired) electrons. The molecule has 0 N–H and O–H groups in total. The van der Waals surface area contributed by atoms with Gasteiger partial charge in [-0.2, -0.15) is 0 Å². The SMILES string of the molecule is CC1(C)c2ccccc2-c2ccc3c4ccccc4n(-c4ccc(-c5ccc6c(c5)sc5ccccc56)c5c4C4c6ccccc6C5c5ccccc54)c3c21. The van der Waals surface area contributed by atoms with Gasteiger partial charge in [0.2, 0.25) is 0 Å². The molecule has 0 saturated heterocycles. The largest absolute Gasteiger partial charge is 0.309 e. The van der Waals surface area contributed by atoms with Crippen molar-refractivity contribution in [1.29, 1.82) is 0 Å². The van der Waals surface area contributed by atoms with E-state index < -0.39 is 0 Å². The van der Waals surface area contributed by atoms with E-state index in [1.807, 2.05) is 11.3 Å². The second-order valence-corrected chi connectivity index (χ2v) is 17.4. The summed E-state index contributed by atoms with van der Waals surface area (Å²) in [6, 6.07) is 62.4. The quantitative estimate of drug-likeness (QED) is 0.168. The van der Waals surface area contributed by atoms with Crippen molar-refractivity contribution in [3.05, 3.63) is 208 Å². The van der Waals surface area contributed by atoms with Crippen molar-refractivity contribution in [3.63, 3.8) is 0 Å². The number of para-hydroxylation sites is 1. The molecule has 2 aromatic heterocycles. The summed E-state index contributed by atoms with van der Waals surface area (Å²) >= 11 is 1.91. The van der Waals surface area contributed by atoms with Crippen LogP contribution in [0.25, 0.3) is 69.9 Å². The molecular formula is C53H35NS. The van der Waals surface area contributed by atoms with Crippen molar-refractivity contribution in [2.75, 3.05) is 0 Å². The zero-order valence-electron chi connectivity index (χ0n) is 30.6. The van der Waals surface area contributed by atoms with E-state index in [2.05, 4.69) is 182 Å². The molecule has 0 unspecified atom stereocenters. The Labute approximate surface area is 323 Å². The molecule has 4 aliphatic carbocycles. The molecular weight excluding hydrogens is 683 g/mol. The zero-order chi connectivity index (χ0) is 36.2. The zero-order valence-corrected chi connectivity index (χ0v) is 31.4. The fraction of sp³-hybridized carbons (Fsp3) is 0.0943. The smallest absolute Gasteiger partial charge is 0.0588 e. The van der Waals surface area contributed by atoms with E-state index in [1.54, 1.807) is 0 Å². The van der Waals surface area contributed by atoms with Crippen molar-refractivity contribution in [2.24, 2.45) is 0 Å². The number of aromatic nitrogens is 1. The lowest BCUT2D eigenvalue weighted by Gasteiger charge is -2.44. The first-order valence-electron chi connectivity index (χ1n) is 19.5. The standard InChI is InChI=1S/C53H35NS/c1-53(2)42-20-10-7-13-32(42)40-25-26-41-33-14-8-11-21-43(33)54(52(41)51(40)53)44-28-27-31(30-23-24-35-34-15-9-12-22-45(34)55-46(35)29-30)49-47-36-16-3-5-18-38(36)48(50(44)49)39-19-6-4-17-37(39)47/h3-29,47-48H,1-2H3. The Kier molecular flexibility index (Phi) is 5.76. The van der Waals surface area contributed by atoms with Gasteiger partial charge in [0, 0.05) is 48.2 Å². The minimum atomic E-state index is -0.157. The van der Waals surface area contributed by atoms with Crippen molar-refractivity contribution >= 4 is 53.3 Å². The number of rotatable bonds is 2. The molecule has 8 aromatic carbocycles. The summed E-state index contributed by atoms with van der Waals surface area (Å²) in [5.74, 6) is 0.258. The molecule has 0 atom stereocenters. The van der Waals surface area contributed by atoms with Gasteiger partial charge < -0.3 is 4.57 Å². The average molecular weight is 718 g/mol. The lowest BCUT2D eigenvalue weighted by molar-refractivity contribution is 0.663. The van der Waals surface area contributed by atoms with Crippen molar-refractivity contribution in [2.45, 2.75) is 31.1 Å². The summed E-state index contributed by atoms with van der Waals surface area (Å²) in [7, 11) is 0. The van der Waals surface area contributed by atoms with Gasteiger partial charge in [0.1, 0.15) is 0 Å². The minimum absolute atomic E-state index is 0.119. The maximum atomic E-state index is 2.67. The van der Waals surface area contributed by atoms with Crippen LogP contribution in [-0.4, -0.2) is 4.57 Å². The molecule has 14 rings (SSSR count). The molecule has 258 valence electrons. The van der Waals surface area contributed by atoms with Crippen LogP contribution in [0.5, 0.6) is 0 Å². The first-order chi connectivity index (χ1) is 27.1. The van der Waals surface area contributed by atoms with Crippen LogP contribution in [-0.2, 0) is 5.41 Å². The lowest BCUT2D eigenvalue weighted by Crippen LogP contribution is -2.29. The first-order valence-corrected chi connectivity index (χ1v) is 20.3. The summed E-state index contributed by atoms with van der Waals surface area (Å²) in [4.78, 5) is 0. The van der Waals surface area contributed by atoms with Gasteiger partial charge in [-0.05, 0) is 91.0 Å². The fourth-order valence-electron chi connectivity index (χ4n) is 11.2. The maximum Gasteiger partial charge on any atom is 0.0588 e. The molecule has 2 heterocycles. The second-order valence-electron chi connectivity index (χ2n) is 16.3. The molecule has 0 amide bonds. The van der Waals surface area contributed by atoms with Gasteiger partial charge in [0.15, 0.2) is 0 Å². The van der Waals surface area contributed by atoms with Crippen molar-refractivity contribution in [1.82, 2.24) is 4.57 Å². The van der Waals surface area contributed by atoms with Gasteiger partial charge in [-0.25, -0.2) is 0 Å². The molecule has 55 heavy (non-hydrogen) atoms. The highest BCUT2D eigenvalue weighted by Gasteiger charge is 2.45. The number of fused-ring (bicyclic) bond motifs is 10. The fourth-order valence-corrected chi connectivity index (χ4v) is 12.3. The van der Waals surface area contributed by atoms with Crippen LogP contribution < -0.4 is 0 Å². The third-order valence-electron chi connectivity index (χ3n) is 13.4. The number of hydrogen-bond donors (Lipinski definition) is 0. The van der Waals surface area contributed by atoms with E-state index in [-0.39, 0.29) is 17.3 Å². The molecule has 0 fully saturated rings. The number of nitrogens with zero attached hydrogens (tertiary/aromatic N) is 1. The number of thiophene rings is 1. The summed E-state index contributed by atoms with van der Waals surface area (Å²) in [5, 5.41) is 5.32. The van der Waals surface area contributed by atoms with Crippen LogP contribution in [0.15, 0.2) is 164 Å². The minimum Gasteiger partial charge on any atom is -0.309 e. The van der Waals surface area contributed by atoms with E-state index in [0.717, 1.165) is 0 Å². The van der Waals surface area contributed by atoms with Gasteiger partial charge in [-0.15, -0.1) is 11.3 Å². The molecule has 1 nitrogen and oxygen atoms in total. The topological polar surface area (TPSA) is 4.93 Å². The van der Waals surface area contributed by atoms with E-state index in [0.29, 0.717) is 0 Å². The van der Waals surface area contributed by atoms with Gasteiger partial charge in [-0.1, -0.05) is 153 Å². The monoisotopic (exact) mass is 717 g/mol. The maximum absolute atomic E-state index is 2.67. The summed E-state index contributed by atoms with van der Waals surface area (Å²) in [6.45, 7) is 4.85. The number of hydrogen-bond acceptors (Lipinski definition) is 1. The highest BCUT2D eigenvalue weighted by Crippen LogP contribution is 2.60. The normalized spacial score (nSPS) is 17.1. The van der Waals surface area contributed by atoms with E-state index in [4.69, 9.17) is 0 Å². The molecule has 0 spiro atoms. The Bertz CT molecular complexity index is 3270. The average Bonchev–Trinajstić information content (AvgIpc) is 3.85.